The maximum Gasteiger partial charge on any atom is 0.328 e. The molecule has 86 valence electrons. The first-order valence-electron chi connectivity index (χ1n) is 5.53. The number of hydrogen-bond acceptors (Lipinski definition) is 3. The number of carbonyl (C=O) groups is 1. The highest BCUT2D eigenvalue weighted by Crippen LogP contribution is 2.30. The quantitative estimate of drug-likeness (QED) is 0.676. The van der Waals surface area contributed by atoms with E-state index in [1.807, 2.05) is 11.9 Å². The fourth-order valence-electron chi connectivity index (χ4n) is 2.28. The van der Waals surface area contributed by atoms with Crippen LogP contribution < -0.4 is 4.90 Å². The molecule has 1 heterocycles. The third kappa shape index (κ3) is 1.77. The Labute approximate surface area is 96.0 Å². The van der Waals surface area contributed by atoms with Crippen LogP contribution in [0, 0.1) is 6.92 Å². The fraction of sp³-hybridized carbons (Fsp3) is 0.462. The number of hydrogen-bond donors (Lipinski definition) is 0. The molecule has 0 aromatic heterocycles. The van der Waals surface area contributed by atoms with E-state index in [1.54, 1.807) is 0 Å². The highest BCUT2D eigenvalue weighted by Gasteiger charge is 2.29. The number of aryl methyl sites for hydroxylation is 2. The van der Waals surface area contributed by atoms with Crippen LogP contribution in [0.1, 0.15) is 17.5 Å². The van der Waals surface area contributed by atoms with Crippen molar-refractivity contribution in [3.63, 3.8) is 0 Å². The Hall–Kier alpha value is -1.51. The highest BCUT2D eigenvalue weighted by atomic mass is 16.5. The standard InChI is InChI=1S/C13H17NO2/c1-9-4-5-10-6-7-11(13(15)16-3)14(2)12(10)8-9/h4-5,8,11H,6-7H2,1-3H3. The lowest BCUT2D eigenvalue weighted by molar-refractivity contribution is -0.142. The molecular formula is C13H17NO2. The van der Waals surface area contributed by atoms with Gasteiger partial charge in [0.2, 0.25) is 0 Å². The van der Waals surface area contributed by atoms with E-state index in [2.05, 4.69) is 25.1 Å². The Kier molecular flexibility index (Phi) is 2.86. The van der Waals surface area contributed by atoms with Crippen LogP contribution >= 0.6 is 0 Å². The normalized spacial score (nSPS) is 19.2. The number of carbonyl (C=O) groups excluding carboxylic acids is 1. The van der Waals surface area contributed by atoms with Crippen LogP contribution in [0.15, 0.2) is 18.2 Å². The average molecular weight is 219 g/mol. The summed E-state index contributed by atoms with van der Waals surface area (Å²) in [5.41, 5.74) is 3.69. The number of methoxy groups -OCH3 is 1. The first kappa shape index (κ1) is 11.0. The van der Waals surface area contributed by atoms with Gasteiger partial charge in [-0.05, 0) is 37.0 Å². The monoisotopic (exact) mass is 219 g/mol. The summed E-state index contributed by atoms with van der Waals surface area (Å²) in [6.07, 6.45) is 1.78. The lowest BCUT2D eigenvalue weighted by Crippen LogP contribution is -2.42. The SMILES string of the molecule is COC(=O)C1CCc2ccc(C)cc2N1C. The molecule has 1 aromatic carbocycles. The molecule has 0 fully saturated rings. The van der Waals surface area contributed by atoms with Crippen molar-refractivity contribution < 1.29 is 9.53 Å². The van der Waals surface area contributed by atoms with Gasteiger partial charge in [-0.1, -0.05) is 12.1 Å². The van der Waals surface area contributed by atoms with E-state index < -0.39 is 0 Å². The lowest BCUT2D eigenvalue weighted by Gasteiger charge is -2.34. The fourth-order valence-corrected chi connectivity index (χ4v) is 2.28. The molecule has 0 bridgehead atoms. The van der Waals surface area contributed by atoms with Gasteiger partial charge in [0.25, 0.3) is 0 Å². The maximum absolute atomic E-state index is 11.6. The summed E-state index contributed by atoms with van der Waals surface area (Å²) < 4.78 is 4.82. The second kappa shape index (κ2) is 4.16. The van der Waals surface area contributed by atoms with Crippen molar-refractivity contribution in [1.29, 1.82) is 0 Å². The van der Waals surface area contributed by atoms with E-state index in [4.69, 9.17) is 4.74 Å². The summed E-state index contributed by atoms with van der Waals surface area (Å²) in [5, 5.41) is 0. The second-order valence-electron chi connectivity index (χ2n) is 4.32. The number of benzene rings is 1. The van der Waals surface area contributed by atoms with Crippen molar-refractivity contribution in [2.75, 3.05) is 19.1 Å². The molecule has 0 saturated heterocycles. The minimum Gasteiger partial charge on any atom is -0.467 e. The largest absolute Gasteiger partial charge is 0.467 e. The van der Waals surface area contributed by atoms with E-state index >= 15 is 0 Å². The molecule has 1 atom stereocenters. The molecule has 3 nitrogen and oxygen atoms in total. The molecule has 1 aromatic rings. The van der Waals surface area contributed by atoms with Gasteiger partial charge in [0, 0.05) is 12.7 Å². The summed E-state index contributed by atoms with van der Waals surface area (Å²) in [6, 6.07) is 6.25. The number of ether oxygens (including phenoxy) is 1. The molecule has 1 aliphatic rings. The van der Waals surface area contributed by atoms with Gasteiger partial charge in [-0.3, -0.25) is 0 Å². The summed E-state index contributed by atoms with van der Waals surface area (Å²) in [4.78, 5) is 13.6. The van der Waals surface area contributed by atoms with Gasteiger partial charge in [-0.25, -0.2) is 4.79 Å². The molecule has 1 aliphatic heterocycles. The van der Waals surface area contributed by atoms with Crippen molar-refractivity contribution >= 4 is 11.7 Å². The smallest absolute Gasteiger partial charge is 0.328 e. The Morgan fingerprint density at radius 1 is 1.50 bits per heavy atom. The van der Waals surface area contributed by atoms with Gasteiger partial charge in [0.05, 0.1) is 7.11 Å². The Balaban J connectivity index is 2.34. The van der Waals surface area contributed by atoms with Crippen molar-refractivity contribution in [2.45, 2.75) is 25.8 Å². The molecular weight excluding hydrogens is 202 g/mol. The van der Waals surface area contributed by atoms with Crippen LogP contribution in [0.5, 0.6) is 0 Å². The lowest BCUT2D eigenvalue weighted by atomic mass is 9.95. The first-order chi connectivity index (χ1) is 7.63. The highest BCUT2D eigenvalue weighted by molar-refractivity contribution is 5.81. The summed E-state index contributed by atoms with van der Waals surface area (Å²) in [7, 11) is 3.40. The van der Waals surface area contributed by atoms with Gasteiger partial charge in [-0.15, -0.1) is 0 Å². The minimum atomic E-state index is -0.144. The van der Waals surface area contributed by atoms with E-state index in [-0.39, 0.29) is 12.0 Å². The molecule has 0 N–H and O–H groups in total. The molecule has 0 radical (unpaired) electrons. The molecule has 2 rings (SSSR count). The predicted octanol–water partition coefficient (Wildman–Crippen LogP) is 1.92. The number of fused-ring (bicyclic) bond motifs is 1. The van der Waals surface area contributed by atoms with E-state index in [9.17, 15) is 4.79 Å². The van der Waals surface area contributed by atoms with Gasteiger partial charge in [0.15, 0.2) is 0 Å². The second-order valence-corrected chi connectivity index (χ2v) is 4.32. The number of esters is 1. The zero-order valence-electron chi connectivity index (χ0n) is 9.99. The van der Waals surface area contributed by atoms with E-state index in [0.29, 0.717) is 0 Å². The van der Waals surface area contributed by atoms with Crippen molar-refractivity contribution in [2.24, 2.45) is 0 Å². The molecule has 0 aliphatic carbocycles. The zero-order valence-corrected chi connectivity index (χ0v) is 9.99. The number of rotatable bonds is 1. The van der Waals surface area contributed by atoms with Crippen LogP contribution in [-0.4, -0.2) is 26.2 Å². The third-order valence-electron chi connectivity index (χ3n) is 3.25. The van der Waals surface area contributed by atoms with Crippen molar-refractivity contribution in [3.05, 3.63) is 29.3 Å². The van der Waals surface area contributed by atoms with Crippen LogP contribution in [0.4, 0.5) is 5.69 Å². The topological polar surface area (TPSA) is 29.5 Å². The predicted molar refractivity (Wildman–Crippen MR) is 63.7 cm³/mol. The van der Waals surface area contributed by atoms with Gasteiger partial charge in [-0.2, -0.15) is 0 Å². The molecule has 0 amide bonds. The molecule has 3 heteroatoms. The van der Waals surface area contributed by atoms with Crippen LogP contribution in [-0.2, 0) is 16.0 Å². The molecule has 0 saturated carbocycles. The Bertz CT molecular complexity index is 414. The van der Waals surface area contributed by atoms with Crippen LogP contribution in [0.2, 0.25) is 0 Å². The summed E-state index contributed by atoms with van der Waals surface area (Å²) in [5.74, 6) is -0.144. The van der Waals surface area contributed by atoms with Gasteiger partial charge >= 0.3 is 5.97 Å². The molecule has 16 heavy (non-hydrogen) atoms. The van der Waals surface area contributed by atoms with Crippen molar-refractivity contribution in [1.82, 2.24) is 0 Å². The van der Waals surface area contributed by atoms with Crippen LogP contribution in [0.3, 0.4) is 0 Å². The third-order valence-corrected chi connectivity index (χ3v) is 3.25. The zero-order chi connectivity index (χ0) is 11.7. The van der Waals surface area contributed by atoms with Crippen molar-refractivity contribution in [3.8, 4) is 0 Å². The average Bonchev–Trinajstić information content (AvgIpc) is 2.29. The van der Waals surface area contributed by atoms with Gasteiger partial charge in [0.1, 0.15) is 6.04 Å². The summed E-state index contributed by atoms with van der Waals surface area (Å²) >= 11 is 0. The number of nitrogens with zero attached hydrogens (tertiary/aromatic N) is 1. The number of anilines is 1. The van der Waals surface area contributed by atoms with Crippen LogP contribution in [0.25, 0.3) is 0 Å². The minimum absolute atomic E-state index is 0.140. The summed E-state index contributed by atoms with van der Waals surface area (Å²) in [6.45, 7) is 2.07. The maximum atomic E-state index is 11.6. The Morgan fingerprint density at radius 2 is 2.25 bits per heavy atom. The Morgan fingerprint density at radius 3 is 2.94 bits per heavy atom. The number of likely N-dealkylation sites (N-methyl/N-ethyl adjacent to an activating group) is 1. The van der Waals surface area contributed by atoms with E-state index in [0.717, 1.165) is 18.5 Å². The van der Waals surface area contributed by atoms with E-state index in [1.165, 1.54) is 18.2 Å². The molecule has 1 unspecified atom stereocenters. The van der Waals surface area contributed by atoms with Gasteiger partial charge < -0.3 is 9.64 Å². The molecule has 0 spiro atoms. The first-order valence-corrected chi connectivity index (χ1v) is 5.53.